The molecule has 0 heterocycles. The fourth-order valence-corrected chi connectivity index (χ4v) is 2.67. The highest BCUT2D eigenvalue weighted by Crippen LogP contribution is 2.27. The number of hydrogen-bond acceptors (Lipinski definition) is 1. The Morgan fingerprint density at radius 3 is 1.91 bits per heavy atom. The normalized spacial score (nSPS) is 13.8. The van der Waals surface area contributed by atoms with E-state index in [0.29, 0.717) is 5.92 Å². The molecule has 118 valence electrons. The Bertz CT molecular complexity index is 553. The molecule has 1 heteroatoms. The van der Waals surface area contributed by atoms with Crippen molar-refractivity contribution in [1.29, 1.82) is 0 Å². The number of aryl methyl sites for hydroxylation is 1. The molecule has 22 heavy (non-hydrogen) atoms. The van der Waals surface area contributed by atoms with Gasteiger partial charge in [0.25, 0.3) is 0 Å². The maximum atomic E-state index is 10.3. The Morgan fingerprint density at radius 1 is 0.864 bits per heavy atom. The summed E-state index contributed by atoms with van der Waals surface area (Å²) in [6.45, 7) is 6.43. The molecule has 0 aliphatic carbocycles. The Morgan fingerprint density at radius 2 is 1.41 bits per heavy atom. The topological polar surface area (TPSA) is 20.2 Å². The van der Waals surface area contributed by atoms with Crippen LogP contribution in [-0.2, 0) is 6.42 Å². The van der Waals surface area contributed by atoms with Gasteiger partial charge in [0.2, 0.25) is 0 Å². The van der Waals surface area contributed by atoms with Crippen LogP contribution in [0.5, 0.6) is 0 Å². The van der Waals surface area contributed by atoms with E-state index in [4.69, 9.17) is 0 Å². The monoisotopic (exact) mass is 296 g/mol. The van der Waals surface area contributed by atoms with Crippen LogP contribution >= 0.6 is 0 Å². The summed E-state index contributed by atoms with van der Waals surface area (Å²) in [7, 11) is 0. The molecule has 2 aromatic carbocycles. The van der Waals surface area contributed by atoms with Gasteiger partial charge in [-0.15, -0.1) is 0 Å². The summed E-state index contributed by atoms with van der Waals surface area (Å²) < 4.78 is 0. The Kier molecular flexibility index (Phi) is 6.21. The van der Waals surface area contributed by atoms with Gasteiger partial charge in [-0.2, -0.15) is 0 Å². The standard InChI is InChI=1S/C21H28O/c1-4-6-7-17-8-10-18(11-9-17)19-12-14-20(15-13-19)21(22)16(3)5-2/h8-16,21-22H,4-7H2,1-3H3. The molecule has 2 aromatic rings. The van der Waals surface area contributed by atoms with Crippen LogP contribution in [-0.4, -0.2) is 5.11 Å². The van der Waals surface area contributed by atoms with Gasteiger partial charge in [0.05, 0.1) is 6.10 Å². The van der Waals surface area contributed by atoms with Gasteiger partial charge >= 0.3 is 0 Å². The fourth-order valence-electron chi connectivity index (χ4n) is 2.67. The van der Waals surface area contributed by atoms with Crippen LogP contribution in [0, 0.1) is 5.92 Å². The van der Waals surface area contributed by atoms with E-state index in [1.54, 1.807) is 0 Å². The molecule has 0 saturated heterocycles. The molecular formula is C21H28O. The predicted molar refractivity (Wildman–Crippen MR) is 94.9 cm³/mol. The smallest absolute Gasteiger partial charge is 0.0815 e. The average Bonchev–Trinajstić information content (AvgIpc) is 2.59. The van der Waals surface area contributed by atoms with E-state index >= 15 is 0 Å². The van der Waals surface area contributed by atoms with E-state index in [1.807, 2.05) is 0 Å². The maximum absolute atomic E-state index is 10.3. The summed E-state index contributed by atoms with van der Waals surface area (Å²) in [5.41, 5.74) is 4.87. The molecule has 0 saturated carbocycles. The third kappa shape index (κ3) is 4.20. The minimum Gasteiger partial charge on any atom is -0.388 e. The van der Waals surface area contributed by atoms with Crippen LogP contribution in [0.3, 0.4) is 0 Å². The van der Waals surface area contributed by atoms with Crippen molar-refractivity contribution in [2.45, 2.75) is 52.6 Å². The van der Waals surface area contributed by atoms with Crippen molar-refractivity contribution in [3.8, 4) is 11.1 Å². The molecule has 0 bridgehead atoms. The van der Waals surface area contributed by atoms with Crippen molar-refractivity contribution in [3.63, 3.8) is 0 Å². The summed E-state index contributed by atoms with van der Waals surface area (Å²) in [5.74, 6) is 0.295. The quantitative estimate of drug-likeness (QED) is 0.687. The van der Waals surface area contributed by atoms with Gasteiger partial charge in [-0.25, -0.2) is 0 Å². The third-order valence-electron chi connectivity index (χ3n) is 4.54. The van der Waals surface area contributed by atoms with Crippen LogP contribution in [0.2, 0.25) is 0 Å². The minimum atomic E-state index is -0.365. The zero-order valence-corrected chi connectivity index (χ0v) is 14.0. The van der Waals surface area contributed by atoms with Crippen molar-refractivity contribution in [2.75, 3.05) is 0 Å². The van der Waals surface area contributed by atoms with Crippen molar-refractivity contribution >= 4 is 0 Å². The molecule has 1 nitrogen and oxygen atoms in total. The lowest BCUT2D eigenvalue weighted by Gasteiger charge is -2.17. The second kappa shape index (κ2) is 8.14. The van der Waals surface area contributed by atoms with Gasteiger partial charge in [0.15, 0.2) is 0 Å². The largest absolute Gasteiger partial charge is 0.388 e. The lowest BCUT2D eigenvalue weighted by Crippen LogP contribution is -2.07. The predicted octanol–water partition coefficient (Wildman–Crippen LogP) is 5.78. The molecule has 2 unspecified atom stereocenters. The summed E-state index contributed by atoms with van der Waals surface area (Å²) in [6.07, 6.45) is 4.28. The highest BCUT2D eigenvalue weighted by Gasteiger charge is 2.14. The van der Waals surface area contributed by atoms with Crippen molar-refractivity contribution in [3.05, 3.63) is 59.7 Å². The minimum absolute atomic E-state index is 0.295. The van der Waals surface area contributed by atoms with Gasteiger partial charge in [-0.1, -0.05) is 82.1 Å². The van der Waals surface area contributed by atoms with Gasteiger partial charge < -0.3 is 5.11 Å². The van der Waals surface area contributed by atoms with Gasteiger partial charge in [0.1, 0.15) is 0 Å². The average molecular weight is 296 g/mol. The zero-order valence-electron chi connectivity index (χ0n) is 14.0. The van der Waals surface area contributed by atoms with E-state index in [1.165, 1.54) is 29.5 Å². The molecule has 0 aromatic heterocycles. The molecule has 2 rings (SSSR count). The molecular weight excluding hydrogens is 268 g/mol. The first-order valence-corrected chi connectivity index (χ1v) is 8.53. The number of hydrogen-bond donors (Lipinski definition) is 1. The number of aliphatic hydroxyl groups excluding tert-OH is 1. The molecule has 1 N–H and O–H groups in total. The van der Waals surface area contributed by atoms with Crippen molar-refractivity contribution in [2.24, 2.45) is 5.92 Å². The molecule has 0 amide bonds. The van der Waals surface area contributed by atoms with Gasteiger partial charge in [-0.3, -0.25) is 0 Å². The Hall–Kier alpha value is -1.60. The van der Waals surface area contributed by atoms with Crippen molar-refractivity contribution in [1.82, 2.24) is 0 Å². The lowest BCUT2D eigenvalue weighted by molar-refractivity contribution is 0.115. The SMILES string of the molecule is CCCCc1ccc(-c2ccc(C(O)C(C)CC)cc2)cc1. The second-order valence-corrected chi connectivity index (χ2v) is 6.25. The zero-order chi connectivity index (χ0) is 15.9. The molecule has 0 radical (unpaired) electrons. The van der Waals surface area contributed by atoms with E-state index in [0.717, 1.165) is 18.4 Å². The summed E-state index contributed by atoms with van der Waals surface area (Å²) in [5, 5.41) is 10.3. The molecule has 2 atom stereocenters. The van der Waals surface area contributed by atoms with Gasteiger partial charge in [-0.05, 0) is 41.0 Å². The number of unbranched alkanes of at least 4 members (excludes halogenated alkanes) is 1. The van der Waals surface area contributed by atoms with Crippen molar-refractivity contribution < 1.29 is 5.11 Å². The van der Waals surface area contributed by atoms with E-state index in [9.17, 15) is 5.11 Å². The van der Waals surface area contributed by atoms with Crippen LogP contribution in [0.1, 0.15) is 57.3 Å². The molecule has 0 aliphatic heterocycles. The van der Waals surface area contributed by atoms with Crippen LogP contribution in [0.15, 0.2) is 48.5 Å². The summed E-state index contributed by atoms with van der Waals surface area (Å²) in [4.78, 5) is 0. The number of aliphatic hydroxyl groups is 1. The highest BCUT2D eigenvalue weighted by atomic mass is 16.3. The van der Waals surface area contributed by atoms with E-state index < -0.39 is 0 Å². The first-order valence-electron chi connectivity index (χ1n) is 8.53. The highest BCUT2D eigenvalue weighted by molar-refractivity contribution is 5.64. The van der Waals surface area contributed by atoms with Gasteiger partial charge in [0, 0.05) is 0 Å². The Labute approximate surface area is 135 Å². The van der Waals surface area contributed by atoms with Crippen LogP contribution in [0.25, 0.3) is 11.1 Å². The van der Waals surface area contributed by atoms with E-state index in [-0.39, 0.29) is 6.10 Å². The second-order valence-electron chi connectivity index (χ2n) is 6.25. The number of benzene rings is 2. The summed E-state index contributed by atoms with van der Waals surface area (Å²) in [6, 6.07) is 17.2. The first kappa shape index (κ1) is 16.8. The van der Waals surface area contributed by atoms with Crippen LogP contribution < -0.4 is 0 Å². The fraction of sp³-hybridized carbons (Fsp3) is 0.429. The molecule has 0 spiro atoms. The molecule has 0 aliphatic rings. The van der Waals surface area contributed by atoms with Crippen LogP contribution in [0.4, 0.5) is 0 Å². The summed E-state index contributed by atoms with van der Waals surface area (Å²) >= 11 is 0. The maximum Gasteiger partial charge on any atom is 0.0815 e. The molecule has 0 fully saturated rings. The number of rotatable bonds is 7. The first-order chi connectivity index (χ1) is 10.7. The Balaban J connectivity index is 2.10. The lowest BCUT2D eigenvalue weighted by atomic mass is 9.93. The van der Waals surface area contributed by atoms with E-state index in [2.05, 4.69) is 69.3 Å². The third-order valence-corrected chi connectivity index (χ3v) is 4.54.